The number of aromatic nitrogens is 3. The van der Waals surface area contributed by atoms with Gasteiger partial charge in [-0.3, -0.25) is 9.97 Å². The Balaban J connectivity index is 1.67. The molecular weight excluding hydrogens is 426 g/mol. The largest absolute Gasteiger partial charge is 0.352 e. The number of para-hydroxylation sites is 1. The van der Waals surface area contributed by atoms with Crippen molar-refractivity contribution in [1.82, 2.24) is 24.8 Å². The lowest BCUT2D eigenvalue weighted by atomic mass is 9.93. The number of pyridine rings is 2. The van der Waals surface area contributed by atoms with Crippen molar-refractivity contribution in [1.29, 1.82) is 0 Å². The van der Waals surface area contributed by atoms with Crippen LogP contribution in [-0.4, -0.2) is 24.5 Å². The van der Waals surface area contributed by atoms with E-state index in [2.05, 4.69) is 81.9 Å². The SMILES string of the molecule is Cc1c([C@@H]2[C@H](c3ccccn3)NC(=S)N2Cc2ccccn2)c(C)n(-c2ccccc2)c1C. The number of hydrogen-bond acceptors (Lipinski definition) is 3. The standard InChI is InChI=1S/C27H27N5S/c1-18-19(2)32(22-12-5-4-6-13-22)20(3)24(18)26-25(23-14-8-10-16-29-23)30-27(33)31(26)17-21-11-7-9-15-28-21/h4-16,25-26H,17H2,1-3H3,(H,30,33)/t25-,26+/m0/s1. The smallest absolute Gasteiger partial charge is 0.170 e. The molecule has 33 heavy (non-hydrogen) atoms. The van der Waals surface area contributed by atoms with E-state index in [0.29, 0.717) is 6.54 Å². The van der Waals surface area contributed by atoms with Crippen LogP contribution < -0.4 is 5.32 Å². The molecule has 166 valence electrons. The van der Waals surface area contributed by atoms with Crippen molar-refractivity contribution in [2.75, 3.05) is 0 Å². The van der Waals surface area contributed by atoms with Crippen LogP contribution in [0.3, 0.4) is 0 Å². The Morgan fingerprint density at radius 2 is 1.55 bits per heavy atom. The highest BCUT2D eigenvalue weighted by molar-refractivity contribution is 7.80. The van der Waals surface area contributed by atoms with Gasteiger partial charge in [0.15, 0.2) is 5.11 Å². The number of rotatable bonds is 5. The predicted octanol–water partition coefficient (Wildman–Crippen LogP) is 5.37. The lowest BCUT2D eigenvalue weighted by molar-refractivity contribution is 0.306. The van der Waals surface area contributed by atoms with Crippen molar-refractivity contribution in [2.24, 2.45) is 0 Å². The third-order valence-corrected chi connectivity index (χ3v) is 6.93. The fraction of sp³-hybridized carbons (Fsp3) is 0.222. The molecule has 0 aliphatic carbocycles. The summed E-state index contributed by atoms with van der Waals surface area (Å²) in [5.74, 6) is 0. The lowest BCUT2D eigenvalue weighted by Gasteiger charge is -2.28. The summed E-state index contributed by atoms with van der Waals surface area (Å²) >= 11 is 5.87. The molecule has 0 radical (unpaired) electrons. The van der Waals surface area contributed by atoms with Gasteiger partial charge in [-0.2, -0.15) is 0 Å². The maximum atomic E-state index is 5.87. The van der Waals surface area contributed by atoms with Gasteiger partial charge in [0.1, 0.15) is 0 Å². The molecule has 4 heterocycles. The Hall–Kier alpha value is -3.51. The molecule has 0 amide bonds. The summed E-state index contributed by atoms with van der Waals surface area (Å²) in [7, 11) is 0. The van der Waals surface area contributed by atoms with Crippen LogP contribution in [-0.2, 0) is 6.54 Å². The van der Waals surface area contributed by atoms with Crippen LogP contribution in [0.2, 0.25) is 0 Å². The average molecular weight is 454 g/mol. The summed E-state index contributed by atoms with van der Waals surface area (Å²) in [5, 5.41) is 4.30. The van der Waals surface area contributed by atoms with E-state index in [0.717, 1.165) is 16.5 Å². The van der Waals surface area contributed by atoms with Gasteiger partial charge in [-0.15, -0.1) is 0 Å². The van der Waals surface area contributed by atoms with Crippen LogP contribution in [0.15, 0.2) is 79.1 Å². The summed E-state index contributed by atoms with van der Waals surface area (Å²) in [6, 6.07) is 22.5. The Morgan fingerprint density at radius 3 is 2.21 bits per heavy atom. The van der Waals surface area contributed by atoms with Gasteiger partial charge in [0.2, 0.25) is 0 Å². The molecule has 1 aliphatic heterocycles. The second kappa shape index (κ2) is 8.79. The van der Waals surface area contributed by atoms with E-state index in [4.69, 9.17) is 12.2 Å². The summed E-state index contributed by atoms with van der Waals surface area (Å²) < 4.78 is 2.35. The molecule has 1 aromatic carbocycles. The molecule has 0 bridgehead atoms. The first-order chi connectivity index (χ1) is 16.1. The molecule has 1 fully saturated rings. The molecule has 0 saturated carbocycles. The van der Waals surface area contributed by atoms with E-state index in [1.807, 2.05) is 42.7 Å². The van der Waals surface area contributed by atoms with E-state index in [9.17, 15) is 0 Å². The van der Waals surface area contributed by atoms with Crippen molar-refractivity contribution in [3.8, 4) is 5.69 Å². The summed E-state index contributed by atoms with van der Waals surface area (Å²) in [6.07, 6.45) is 3.68. The van der Waals surface area contributed by atoms with Gasteiger partial charge in [-0.25, -0.2) is 0 Å². The van der Waals surface area contributed by atoms with E-state index in [1.165, 1.54) is 28.2 Å². The van der Waals surface area contributed by atoms with Gasteiger partial charge in [0.25, 0.3) is 0 Å². The highest BCUT2D eigenvalue weighted by atomic mass is 32.1. The van der Waals surface area contributed by atoms with Crippen molar-refractivity contribution in [2.45, 2.75) is 39.4 Å². The van der Waals surface area contributed by atoms with E-state index in [-0.39, 0.29) is 12.1 Å². The Bertz CT molecular complexity index is 1270. The van der Waals surface area contributed by atoms with Gasteiger partial charge < -0.3 is 14.8 Å². The van der Waals surface area contributed by atoms with Gasteiger partial charge in [0, 0.05) is 35.0 Å². The molecule has 6 heteroatoms. The van der Waals surface area contributed by atoms with Crippen LogP contribution in [0, 0.1) is 20.8 Å². The molecule has 0 unspecified atom stereocenters. The number of benzene rings is 1. The molecule has 4 aromatic rings. The van der Waals surface area contributed by atoms with E-state index >= 15 is 0 Å². The molecular formula is C27H27N5S. The molecule has 0 spiro atoms. The van der Waals surface area contributed by atoms with Crippen LogP contribution in [0.1, 0.15) is 46.0 Å². The second-order valence-corrected chi connectivity index (χ2v) is 8.84. The van der Waals surface area contributed by atoms with E-state index in [1.54, 1.807) is 0 Å². The van der Waals surface area contributed by atoms with Crippen LogP contribution in [0.25, 0.3) is 5.69 Å². The molecule has 2 atom stereocenters. The number of nitrogens with one attached hydrogen (secondary N) is 1. The second-order valence-electron chi connectivity index (χ2n) is 8.46. The first kappa shape index (κ1) is 21.3. The Kier molecular flexibility index (Phi) is 5.68. The highest BCUT2D eigenvalue weighted by Crippen LogP contribution is 2.43. The fourth-order valence-electron chi connectivity index (χ4n) is 4.96. The summed E-state index contributed by atoms with van der Waals surface area (Å²) in [5.41, 5.74) is 8.17. The van der Waals surface area contributed by atoms with Crippen molar-refractivity contribution >= 4 is 17.3 Å². The maximum Gasteiger partial charge on any atom is 0.170 e. The third-order valence-electron chi connectivity index (χ3n) is 6.57. The third kappa shape index (κ3) is 3.80. The van der Waals surface area contributed by atoms with Crippen LogP contribution in [0.4, 0.5) is 0 Å². The van der Waals surface area contributed by atoms with Gasteiger partial charge in [-0.05, 0) is 75.0 Å². The molecule has 1 N–H and O–H groups in total. The van der Waals surface area contributed by atoms with Crippen LogP contribution >= 0.6 is 12.2 Å². The summed E-state index contributed by atoms with van der Waals surface area (Å²) in [6.45, 7) is 7.25. The number of hydrogen-bond donors (Lipinski definition) is 1. The molecule has 1 aliphatic rings. The van der Waals surface area contributed by atoms with Gasteiger partial charge in [0.05, 0.1) is 30.0 Å². The molecule has 1 saturated heterocycles. The van der Waals surface area contributed by atoms with Crippen molar-refractivity contribution < 1.29 is 0 Å². The monoisotopic (exact) mass is 453 g/mol. The van der Waals surface area contributed by atoms with Crippen molar-refractivity contribution in [3.05, 3.63) is 113 Å². The lowest BCUT2D eigenvalue weighted by Crippen LogP contribution is -2.30. The molecule has 3 aromatic heterocycles. The van der Waals surface area contributed by atoms with Crippen LogP contribution in [0.5, 0.6) is 0 Å². The normalized spacial score (nSPS) is 17.9. The maximum absolute atomic E-state index is 5.87. The molecule has 5 nitrogen and oxygen atoms in total. The van der Waals surface area contributed by atoms with E-state index < -0.39 is 0 Å². The quantitative estimate of drug-likeness (QED) is 0.412. The zero-order valence-electron chi connectivity index (χ0n) is 19.1. The highest BCUT2D eigenvalue weighted by Gasteiger charge is 2.42. The zero-order valence-corrected chi connectivity index (χ0v) is 19.9. The fourth-order valence-corrected chi connectivity index (χ4v) is 5.27. The minimum Gasteiger partial charge on any atom is -0.352 e. The topological polar surface area (TPSA) is 46.0 Å². The van der Waals surface area contributed by atoms with Gasteiger partial charge in [-0.1, -0.05) is 30.3 Å². The predicted molar refractivity (Wildman–Crippen MR) is 135 cm³/mol. The van der Waals surface area contributed by atoms with Crippen molar-refractivity contribution in [3.63, 3.8) is 0 Å². The minimum atomic E-state index is -0.0502. The van der Waals surface area contributed by atoms with Gasteiger partial charge >= 0.3 is 0 Å². The Morgan fingerprint density at radius 1 is 0.848 bits per heavy atom. The summed E-state index contributed by atoms with van der Waals surface area (Å²) in [4.78, 5) is 11.5. The number of nitrogens with zero attached hydrogens (tertiary/aromatic N) is 4. The number of thiocarbonyl (C=S) groups is 1. The minimum absolute atomic E-state index is 0.00179. The first-order valence-corrected chi connectivity index (χ1v) is 11.6. The Labute approximate surface area is 200 Å². The molecule has 5 rings (SSSR count). The average Bonchev–Trinajstić information content (AvgIpc) is 3.27. The first-order valence-electron chi connectivity index (χ1n) is 11.2. The zero-order chi connectivity index (χ0) is 22.9.